The number of nitrogens with zero attached hydrogens (tertiary/aromatic N) is 4. The first-order valence-corrected chi connectivity index (χ1v) is 24.9. The van der Waals surface area contributed by atoms with Crippen molar-refractivity contribution in [1.29, 1.82) is 0 Å². The van der Waals surface area contributed by atoms with Gasteiger partial charge in [0.25, 0.3) is 0 Å². The molecule has 9 aliphatic heterocycles. The fraction of sp³-hybridized carbons (Fsp3) is 0.500. The van der Waals surface area contributed by atoms with E-state index in [1.807, 2.05) is 0 Å². The van der Waals surface area contributed by atoms with Crippen molar-refractivity contribution in [3.8, 4) is 23.0 Å². The van der Waals surface area contributed by atoms with Crippen molar-refractivity contribution in [2.24, 2.45) is 23.7 Å². The Morgan fingerprint density at radius 3 is 1.44 bits per heavy atom. The van der Waals surface area contributed by atoms with E-state index in [0.29, 0.717) is 37.1 Å². The molecule has 0 amide bonds. The lowest BCUT2D eigenvalue weighted by Crippen LogP contribution is -2.78. The third kappa shape index (κ3) is 4.54. The number of hydrogen-bond donors (Lipinski definition) is 0. The quantitative estimate of drug-likeness (QED) is 0.132. The minimum Gasteiger partial charge on any atom is -0.493 e. The summed E-state index contributed by atoms with van der Waals surface area (Å²) in [6.07, 6.45) is 9.71. The molecule has 4 unspecified atom stereocenters. The third-order valence-corrected chi connectivity index (χ3v) is 20.4. The van der Waals surface area contributed by atoms with Gasteiger partial charge in [0.1, 0.15) is 50.7 Å². The van der Waals surface area contributed by atoms with Gasteiger partial charge in [0.2, 0.25) is 0 Å². The van der Waals surface area contributed by atoms with Crippen LogP contribution in [0.5, 0.6) is 23.0 Å². The molecule has 2 saturated carbocycles. The number of para-hydroxylation sites is 2. The Hall–Kier alpha value is -5.00. The minimum atomic E-state index is -0.0517. The summed E-state index contributed by atoms with van der Waals surface area (Å²) in [5.41, 5.74) is 11.8. The van der Waals surface area contributed by atoms with E-state index >= 15 is 0 Å². The first-order chi connectivity index (χ1) is 32.4. The van der Waals surface area contributed by atoms with Gasteiger partial charge in [-0.25, -0.2) is 0 Å². The van der Waals surface area contributed by atoms with Crippen LogP contribution >= 0.6 is 0 Å². The molecule has 14 atom stereocenters. The number of anilines is 2. The topological polar surface area (TPSA) is 61.9 Å². The van der Waals surface area contributed by atoms with Gasteiger partial charge in [0, 0.05) is 71.9 Å². The maximum Gasteiger partial charge on any atom is 0.161 e. The molecule has 15 rings (SSSR count). The number of ether oxygens (including phenoxy) is 6. The fourth-order valence-electron chi connectivity index (χ4n) is 18.5. The number of rotatable bonds is 8. The molecule has 7 fully saturated rings. The molecular weight excluding hydrogens is 825 g/mol. The lowest BCUT2D eigenvalue weighted by molar-refractivity contribution is -0.955. The minimum absolute atomic E-state index is 0.0376. The summed E-state index contributed by atoms with van der Waals surface area (Å²) < 4.78 is 40.8. The summed E-state index contributed by atoms with van der Waals surface area (Å²) in [5.74, 6) is 4.63. The van der Waals surface area contributed by atoms with Crippen LogP contribution in [0.25, 0.3) is 0 Å². The maximum atomic E-state index is 7.70. The van der Waals surface area contributed by atoms with Crippen LogP contribution in [0.1, 0.15) is 47.9 Å². The Morgan fingerprint density at radius 1 is 0.561 bits per heavy atom. The molecule has 11 aliphatic rings. The van der Waals surface area contributed by atoms with Gasteiger partial charge in [-0.2, -0.15) is 0 Å². The molecule has 10 heteroatoms. The number of methoxy groups -OCH3 is 4. The van der Waals surface area contributed by atoms with Crippen molar-refractivity contribution in [3.05, 3.63) is 130 Å². The predicted molar refractivity (Wildman–Crippen MR) is 251 cm³/mol. The first-order valence-electron chi connectivity index (χ1n) is 24.9. The average molecular weight is 887 g/mol. The molecule has 66 heavy (non-hydrogen) atoms. The highest BCUT2D eigenvalue weighted by Crippen LogP contribution is 2.73. The van der Waals surface area contributed by atoms with Gasteiger partial charge < -0.3 is 47.2 Å². The van der Waals surface area contributed by atoms with E-state index in [0.717, 1.165) is 71.2 Å². The smallest absolute Gasteiger partial charge is 0.161 e. The number of quaternary nitrogens is 2. The Kier molecular flexibility index (Phi) is 7.91. The van der Waals surface area contributed by atoms with Crippen LogP contribution in [0.3, 0.4) is 0 Å². The van der Waals surface area contributed by atoms with E-state index in [1.165, 1.54) is 48.2 Å². The molecular formula is C56H62N4O6+2. The van der Waals surface area contributed by atoms with Crippen molar-refractivity contribution < 1.29 is 37.4 Å². The standard InChI is InChI=1S/C56H62N4O6/c1-61-43-15-13-33(25-45(43)63-3)29-59-21-19-55-39-9-5-7-11-41(39)57-51(55)49-37(27-47(55)59)35(31-59)17-23-65-53(49)58-42-12-8-6-10-40(42)56-20-22-60(30-34-14-16-44(62-2)46(26-34)64-4)32-36-18-24-66-54(57)50(52(56)58)38(36)28-48(56)60/h5-18,25-26,37-38,47-54H,19-24,27-32H2,1-4H3/q+2/t37-,38-,47-,48-,49+,50+,51-,52-,53+,54+,55?,56?,59?,60?/m0/s1. The van der Waals surface area contributed by atoms with E-state index in [2.05, 4.69) is 107 Å². The first kappa shape index (κ1) is 39.0. The molecule has 2 aliphatic carbocycles. The second-order valence-electron chi connectivity index (χ2n) is 22.1. The van der Waals surface area contributed by atoms with E-state index in [9.17, 15) is 0 Å². The predicted octanol–water partition coefficient (Wildman–Crippen LogP) is 7.73. The monoisotopic (exact) mass is 886 g/mol. The molecule has 0 radical (unpaired) electrons. The average Bonchev–Trinajstić information content (AvgIpc) is 3.97. The molecule has 4 aromatic rings. The normalized spacial score (nSPS) is 40.5. The molecule has 2 spiro atoms. The van der Waals surface area contributed by atoms with Crippen molar-refractivity contribution in [3.63, 3.8) is 0 Å². The van der Waals surface area contributed by atoms with E-state index in [4.69, 9.17) is 28.4 Å². The van der Waals surface area contributed by atoms with Crippen molar-refractivity contribution in [2.75, 3.05) is 77.6 Å². The number of piperidine rings is 2. The Morgan fingerprint density at radius 2 is 1.00 bits per heavy atom. The van der Waals surface area contributed by atoms with Crippen LogP contribution in [-0.2, 0) is 33.4 Å². The number of fused-ring (bicyclic) bond motifs is 6. The van der Waals surface area contributed by atoms with E-state index in [-0.39, 0.29) is 47.2 Å². The van der Waals surface area contributed by atoms with Crippen LogP contribution in [-0.4, -0.2) is 113 Å². The van der Waals surface area contributed by atoms with Crippen LogP contribution in [0.2, 0.25) is 0 Å². The lowest BCUT2D eigenvalue weighted by Gasteiger charge is -2.65. The van der Waals surface area contributed by atoms with Crippen LogP contribution < -0.4 is 28.7 Å². The van der Waals surface area contributed by atoms with Gasteiger partial charge in [-0.15, -0.1) is 0 Å². The SMILES string of the molecule is COc1ccc(C[N+]23CCC45c6ccccc6N6[C@@H]7OCC=C8C[N+]9(Cc%10ccc(OC)c(OC)c%10)CCC%10%11c%12ccccc%12N([C@@H]%12OCC=C(C2)[C@H](C[C@@H]43)[C@@H]%12[C@H]65)[C@H]%10[C@H]7[C@H]8C[C@@H]%119)cc1OC. The van der Waals surface area contributed by atoms with Crippen LogP contribution in [0.15, 0.2) is 108 Å². The zero-order valence-electron chi connectivity index (χ0n) is 38.7. The largest absolute Gasteiger partial charge is 0.493 e. The summed E-state index contributed by atoms with van der Waals surface area (Å²) in [6.45, 7) is 7.73. The summed E-state index contributed by atoms with van der Waals surface area (Å²) in [7, 11) is 6.99. The van der Waals surface area contributed by atoms with Gasteiger partial charge in [0.15, 0.2) is 23.0 Å². The molecule has 9 heterocycles. The number of hydrogen-bond acceptors (Lipinski definition) is 8. The summed E-state index contributed by atoms with van der Waals surface area (Å²) in [6, 6.07) is 34.1. The summed E-state index contributed by atoms with van der Waals surface area (Å²) >= 11 is 0. The molecule has 340 valence electrons. The Labute approximate surface area is 388 Å². The lowest BCUT2D eigenvalue weighted by atomic mass is 9.52. The highest BCUT2D eigenvalue weighted by atomic mass is 16.5. The highest BCUT2D eigenvalue weighted by Gasteiger charge is 2.81. The number of benzene rings is 4. The van der Waals surface area contributed by atoms with Gasteiger partial charge in [-0.1, -0.05) is 48.6 Å². The van der Waals surface area contributed by atoms with Crippen LogP contribution in [0.4, 0.5) is 11.4 Å². The second kappa shape index (κ2) is 13.4. The molecule has 4 bridgehead atoms. The zero-order chi connectivity index (χ0) is 43.9. The van der Waals surface area contributed by atoms with Gasteiger partial charge in [0.05, 0.1) is 77.7 Å². The fourth-order valence-corrected chi connectivity index (χ4v) is 18.5. The Balaban J connectivity index is 0.924. The zero-order valence-corrected chi connectivity index (χ0v) is 38.7. The van der Waals surface area contributed by atoms with Gasteiger partial charge in [-0.05, 0) is 70.8 Å². The summed E-state index contributed by atoms with van der Waals surface area (Å²) in [4.78, 5) is 5.95. The molecule has 4 aromatic carbocycles. The van der Waals surface area contributed by atoms with Crippen molar-refractivity contribution >= 4 is 11.4 Å². The van der Waals surface area contributed by atoms with Gasteiger partial charge in [-0.3, -0.25) is 0 Å². The van der Waals surface area contributed by atoms with E-state index < -0.39 is 0 Å². The van der Waals surface area contributed by atoms with Gasteiger partial charge >= 0.3 is 0 Å². The van der Waals surface area contributed by atoms with Crippen LogP contribution in [0, 0.1) is 23.7 Å². The molecule has 0 N–H and O–H groups in total. The van der Waals surface area contributed by atoms with Crippen molar-refractivity contribution in [1.82, 2.24) is 0 Å². The summed E-state index contributed by atoms with van der Waals surface area (Å²) in [5, 5.41) is 0. The maximum absolute atomic E-state index is 7.70. The molecule has 5 saturated heterocycles. The highest BCUT2D eigenvalue weighted by molar-refractivity contribution is 5.72. The second-order valence-corrected chi connectivity index (χ2v) is 22.1. The van der Waals surface area contributed by atoms with E-state index in [1.54, 1.807) is 50.7 Å². The van der Waals surface area contributed by atoms with Crippen molar-refractivity contribution in [2.45, 2.75) is 86.2 Å². The molecule has 0 aromatic heterocycles. The molecule has 10 nitrogen and oxygen atoms in total. The Bertz CT molecular complexity index is 2610. The third-order valence-electron chi connectivity index (χ3n) is 20.4.